The average molecular weight is 387 g/mol. The molecular formula is C20H29N5O3. The van der Waals surface area contributed by atoms with Crippen molar-refractivity contribution in [1.29, 1.82) is 0 Å². The van der Waals surface area contributed by atoms with Crippen LogP contribution in [0.5, 0.6) is 0 Å². The highest BCUT2D eigenvalue weighted by atomic mass is 16.6. The summed E-state index contributed by atoms with van der Waals surface area (Å²) in [6.07, 6.45) is 1.60. The van der Waals surface area contributed by atoms with Crippen molar-refractivity contribution in [2.45, 2.75) is 32.9 Å². The minimum Gasteiger partial charge on any atom is -0.444 e. The highest BCUT2D eigenvalue weighted by Crippen LogP contribution is 2.18. The second-order valence-electron chi connectivity index (χ2n) is 8.33. The van der Waals surface area contributed by atoms with Crippen molar-refractivity contribution in [2.75, 3.05) is 40.3 Å². The topological polar surface area (TPSA) is 70.4 Å². The molecule has 8 nitrogen and oxygen atoms in total. The van der Waals surface area contributed by atoms with Gasteiger partial charge in [-0.3, -0.25) is 4.79 Å². The van der Waals surface area contributed by atoms with E-state index in [1.807, 2.05) is 68.6 Å². The summed E-state index contributed by atoms with van der Waals surface area (Å²) in [5.74, 6) is -0.0932. The van der Waals surface area contributed by atoms with E-state index in [0.717, 1.165) is 11.3 Å². The van der Waals surface area contributed by atoms with Gasteiger partial charge in [0.15, 0.2) is 5.69 Å². The van der Waals surface area contributed by atoms with Crippen molar-refractivity contribution >= 4 is 17.6 Å². The van der Waals surface area contributed by atoms with Crippen molar-refractivity contribution in [2.24, 2.45) is 0 Å². The number of nitrogens with zero attached hydrogens (tertiary/aromatic N) is 5. The zero-order valence-corrected chi connectivity index (χ0v) is 17.3. The molecule has 2 aromatic rings. The number of ether oxygens (including phenoxy) is 1. The van der Waals surface area contributed by atoms with Crippen LogP contribution in [-0.2, 0) is 11.3 Å². The van der Waals surface area contributed by atoms with E-state index in [4.69, 9.17) is 4.74 Å². The summed E-state index contributed by atoms with van der Waals surface area (Å²) < 4.78 is 7.39. The van der Waals surface area contributed by atoms with Gasteiger partial charge in [0.25, 0.3) is 5.91 Å². The van der Waals surface area contributed by atoms with Gasteiger partial charge in [0.2, 0.25) is 0 Å². The van der Waals surface area contributed by atoms with Gasteiger partial charge in [0, 0.05) is 38.9 Å². The Labute approximate surface area is 165 Å². The quantitative estimate of drug-likeness (QED) is 0.807. The van der Waals surface area contributed by atoms with E-state index in [1.165, 1.54) is 0 Å². The number of piperazine rings is 1. The van der Waals surface area contributed by atoms with E-state index in [-0.39, 0.29) is 12.0 Å². The highest BCUT2D eigenvalue weighted by Gasteiger charge is 2.30. The zero-order chi connectivity index (χ0) is 20.5. The lowest BCUT2D eigenvalue weighted by atomic mass is 10.2. The van der Waals surface area contributed by atoms with Crippen LogP contribution in [0.25, 0.3) is 5.65 Å². The Hall–Kier alpha value is -2.61. The van der Waals surface area contributed by atoms with Crippen LogP contribution in [0.15, 0.2) is 24.4 Å². The van der Waals surface area contributed by atoms with Gasteiger partial charge < -0.3 is 23.8 Å². The first-order valence-electron chi connectivity index (χ1n) is 9.53. The molecule has 8 heteroatoms. The maximum absolute atomic E-state index is 13.2. The molecule has 3 heterocycles. The molecule has 0 aliphatic carbocycles. The molecule has 1 aliphatic heterocycles. The minimum atomic E-state index is -0.526. The third-order valence-electron chi connectivity index (χ3n) is 4.52. The van der Waals surface area contributed by atoms with Gasteiger partial charge in [-0.1, -0.05) is 6.07 Å². The lowest BCUT2D eigenvalue weighted by Crippen LogP contribution is -2.51. The van der Waals surface area contributed by atoms with Gasteiger partial charge in [0.1, 0.15) is 11.2 Å². The molecule has 152 valence electrons. The predicted octanol–water partition coefficient (Wildman–Crippen LogP) is 2.09. The van der Waals surface area contributed by atoms with E-state index in [2.05, 4.69) is 4.98 Å². The third kappa shape index (κ3) is 4.44. The number of hydrogen-bond donors (Lipinski definition) is 0. The average Bonchev–Trinajstić information content (AvgIpc) is 2.98. The van der Waals surface area contributed by atoms with Crippen LogP contribution in [0.3, 0.4) is 0 Å². The van der Waals surface area contributed by atoms with Crippen LogP contribution in [0.1, 0.15) is 37.0 Å². The molecule has 0 N–H and O–H groups in total. The Morgan fingerprint density at radius 2 is 1.75 bits per heavy atom. The van der Waals surface area contributed by atoms with Crippen LogP contribution in [0, 0.1) is 0 Å². The molecule has 3 rings (SSSR count). The summed E-state index contributed by atoms with van der Waals surface area (Å²) in [6.45, 7) is 8.00. The van der Waals surface area contributed by atoms with Crippen LogP contribution in [-0.4, -0.2) is 82.0 Å². The van der Waals surface area contributed by atoms with Gasteiger partial charge >= 0.3 is 6.09 Å². The molecule has 0 radical (unpaired) electrons. The molecule has 1 fully saturated rings. The molecule has 1 aliphatic rings. The fourth-order valence-electron chi connectivity index (χ4n) is 3.24. The summed E-state index contributed by atoms with van der Waals surface area (Å²) >= 11 is 0. The Morgan fingerprint density at radius 1 is 1.11 bits per heavy atom. The van der Waals surface area contributed by atoms with Gasteiger partial charge in [-0.25, -0.2) is 9.78 Å². The Balaban J connectivity index is 1.74. The Bertz CT molecular complexity index is 860. The minimum absolute atomic E-state index is 0.0932. The number of amides is 2. The smallest absolute Gasteiger partial charge is 0.410 e. The van der Waals surface area contributed by atoms with Gasteiger partial charge in [-0.2, -0.15) is 0 Å². The van der Waals surface area contributed by atoms with Crippen molar-refractivity contribution < 1.29 is 14.3 Å². The summed E-state index contributed by atoms with van der Waals surface area (Å²) in [5, 5.41) is 0. The summed E-state index contributed by atoms with van der Waals surface area (Å²) in [4.78, 5) is 35.4. The van der Waals surface area contributed by atoms with Gasteiger partial charge in [0.05, 0.1) is 5.69 Å². The molecule has 0 saturated carbocycles. The third-order valence-corrected chi connectivity index (χ3v) is 4.52. The number of imidazole rings is 1. The maximum Gasteiger partial charge on any atom is 0.410 e. The first-order valence-corrected chi connectivity index (χ1v) is 9.53. The number of aromatic nitrogens is 2. The van der Waals surface area contributed by atoms with E-state index in [1.54, 1.807) is 9.80 Å². The van der Waals surface area contributed by atoms with Gasteiger partial charge in [-0.15, -0.1) is 0 Å². The first-order chi connectivity index (χ1) is 13.2. The summed E-state index contributed by atoms with van der Waals surface area (Å²) in [5.41, 5.74) is 1.59. The molecule has 28 heavy (non-hydrogen) atoms. The molecule has 0 spiro atoms. The van der Waals surface area contributed by atoms with Crippen molar-refractivity contribution in [3.63, 3.8) is 0 Å². The van der Waals surface area contributed by atoms with Crippen LogP contribution in [0.2, 0.25) is 0 Å². The fraction of sp³-hybridized carbons (Fsp3) is 0.550. The SMILES string of the molecule is CN(C)Cc1c(C(=O)N2CCN(C(=O)OC(C)(C)C)CC2)nc2ccccn12. The number of fused-ring (bicyclic) bond motifs is 1. The number of carbonyl (C=O) groups is 2. The van der Waals surface area contributed by atoms with Crippen LogP contribution >= 0.6 is 0 Å². The Kier molecular flexibility index (Phi) is 5.60. The number of pyridine rings is 1. The first kappa shape index (κ1) is 20.1. The molecule has 2 aromatic heterocycles. The number of carbonyl (C=O) groups excluding carboxylic acids is 2. The van der Waals surface area contributed by atoms with Gasteiger partial charge in [-0.05, 0) is 47.0 Å². The van der Waals surface area contributed by atoms with Crippen molar-refractivity contribution in [3.8, 4) is 0 Å². The molecule has 0 unspecified atom stereocenters. The van der Waals surface area contributed by atoms with E-state index >= 15 is 0 Å². The molecule has 0 bridgehead atoms. The standard InChI is InChI=1S/C20H29N5O3/c1-20(2,3)28-19(27)24-12-10-23(11-13-24)18(26)17-15(14-22(4)5)25-9-7-6-8-16(25)21-17/h6-9H,10-14H2,1-5H3. The van der Waals surface area contributed by atoms with E-state index in [0.29, 0.717) is 38.4 Å². The molecule has 0 atom stereocenters. The monoisotopic (exact) mass is 387 g/mol. The largest absolute Gasteiger partial charge is 0.444 e. The second kappa shape index (κ2) is 7.79. The summed E-state index contributed by atoms with van der Waals surface area (Å²) in [7, 11) is 3.94. The van der Waals surface area contributed by atoms with E-state index < -0.39 is 5.60 Å². The lowest BCUT2D eigenvalue weighted by Gasteiger charge is -2.35. The summed E-state index contributed by atoms with van der Waals surface area (Å²) in [6, 6.07) is 5.74. The molecule has 2 amide bonds. The normalized spacial score (nSPS) is 15.4. The number of rotatable bonds is 3. The maximum atomic E-state index is 13.2. The van der Waals surface area contributed by atoms with Crippen LogP contribution < -0.4 is 0 Å². The van der Waals surface area contributed by atoms with E-state index in [9.17, 15) is 9.59 Å². The fourth-order valence-corrected chi connectivity index (χ4v) is 3.24. The van der Waals surface area contributed by atoms with Crippen LogP contribution in [0.4, 0.5) is 4.79 Å². The highest BCUT2D eigenvalue weighted by molar-refractivity contribution is 5.94. The number of hydrogen-bond acceptors (Lipinski definition) is 5. The molecular weight excluding hydrogens is 358 g/mol. The predicted molar refractivity (Wildman–Crippen MR) is 106 cm³/mol. The van der Waals surface area contributed by atoms with Crippen molar-refractivity contribution in [1.82, 2.24) is 24.1 Å². The lowest BCUT2D eigenvalue weighted by molar-refractivity contribution is 0.0140. The zero-order valence-electron chi connectivity index (χ0n) is 17.3. The van der Waals surface area contributed by atoms with Crippen molar-refractivity contribution in [3.05, 3.63) is 35.8 Å². The second-order valence-corrected chi connectivity index (χ2v) is 8.33. The molecule has 1 saturated heterocycles. The molecule has 0 aromatic carbocycles. The Morgan fingerprint density at radius 3 is 2.36 bits per heavy atom.